The first kappa shape index (κ1) is 14.2. The van der Waals surface area contributed by atoms with E-state index in [1.807, 2.05) is 6.92 Å². The Labute approximate surface area is 113 Å². The normalized spacial score (nSPS) is 23.8. The van der Waals surface area contributed by atoms with Crippen LogP contribution in [-0.4, -0.2) is 20.8 Å². The minimum absolute atomic E-state index is 0.254. The molecule has 106 valence electrons. The van der Waals surface area contributed by atoms with Crippen molar-refractivity contribution in [2.75, 3.05) is 0 Å². The van der Waals surface area contributed by atoms with Crippen LogP contribution in [0.25, 0.3) is 0 Å². The number of halogens is 1. The van der Waals surface area contributed by atoms with E-state index in [0.717, 1.165) is 19.3 Å². The van der Waals surface area contributed by atoms with Gasteiger partial charge in [-0.05, 0) is 32.6 Å². The Balaban J connectivity index is 2.54. The molecule has 0 aliphatic heterocycles. The van der Waals surface area contributed by atoms with E-state index < -0.39 is 5.67 Å². The lowest BCUT2D eigenvalue weighted by Crippen LogP contribution is -2.38. The van der Waals surface area contributed by atoms with E-state index in [-0.39, 0.29) is 18.1 Å². The fraction of sp³-hybridized carbons (Fsp3) is 0.786. The largest absolute Gasteiger partial charge is 0.295 e. The zero-order chi connectivity index (χ0) is 14.0. The summed E-state index contributed by atoms with van der Waals surface area (Å²) in [4.78, 5) is 12.4. The second-order valence-corrected chi connectivity index (χ2v) is 5.58. The molecule has 0 N–H and O–H groups in total. The second kappa shape index (κ2) is 5.39. The molecule has 5 heteroatoms. The van der Waals surface area contributed by atoms with Gasteiger partial charge in [-0.15, -0.1) is 5.10 Å². The Morgan fingerprint density at radius 1 is 1.42 bits per heavy atom. The van der Waals surface area contributed by atoms with Crippen LogP contribution in [0, 0.1) is 5.92 Å². The summed E-state index contributed by atoms with van der Waals surface area (Å²) in [5, 5.41) is 8.10. The van der Waals surface area contributed by atoms with Crippen molar-refractivity contribution in [2.24, 2.45) is 5.92 Å². The van der Waals surface area contributed by atoms with Crippen LogP contribution in [-0.2, 0) is 23.4 Å². The highest BCUT2D eigenvalue weighted by molar-refractivity contribution is 5.89. The zero-order valence-electron chi connectivity index (χ0n) is 11.9. The predicted molar refractivity (Wildman–Crippen MR) is 70.5 cm³/mol. The third-order valence-corrected chi connectivity index (χ3v) is 3.83. The zero-order valence-corrected chi connectivity index (χ0v) is 11.9. The first-order chi connectivity index (χ1) is 9.00. The smallest absolute Gasteiger partial charge is 0.212 e. The maximum Gasteiger partial charge on any atom is 0.212 e. The van der Waals surface area contributed by atoms with Crippen molar-refractivity contribution in [3.63, 3.8) is 0 Å². The molecule has 1 atom stereocenters. The summed E-state index contributed by atoms with van der Waals surface area (Å²) in [6.45, 7) is 5.94. The molecule has 1 aromatic heterocycles. The molecule has 19 heavy (non-hydrogen) atoms. The van der Waals surface area contributed by atoms with E-state index >= 15 is 4.39 Å². The van der Waals surface area contributed by atoms with Crippen LogP contribution in [0.15, 0.2) is 0 Å². The van der Waals surface area contributed by atoms with Gasteiger partial charge >= 0.3 is 0 Å². The molecule has 0 bridgehead atoms. The fourth-order valence-corrected chi connectivity index (χ4v) is 2.83. The molecule has 0 fully saturated rings. The van der Waals surface area contributed by atoms with Gasteiger partial charge in [-0.25, -0.2) is 9.07 Å². The number of aromatic nitrogens is 3. The second-order valence-electron chi connectivity index (χ2n) is 5.58. The van der Waals surface area contributed by atoms with Gasteiger partial charge in [-0.1, -0.05) is 25.5 Å². The molecule has 2 rings (SSSR count). The number of Topliss-reactive ketones (excluding diaryl/α,β-unsaturated/α-hetero) is 1. The minimum Gasteiger partial charge on any atom is -0.295 e. The summed E-state index contributed by atoms with van der Waals surface area (Å²) >= 11 is 0. The number of nitrogens with zero attached hydrogens (tertiary/aromatic N) is 3. The van der Waals surface area contributed by atoms with Gasteiger partial charge in [0.15, 0.2) is 5.78 Å². The molecule has 1 unspecified atom stereocenters. The highest BCUT2D eigenvalue weighted by Gasteiger charge is 2.46. The topological polar surface area (TPSA) is 47.8 Å². The number of carbonyl (C=O) groups is 1. The quantitative estimate of drug-likeness (QED) is 0.846. The highest BCUT2D eigenvalue weighted by Crippen LogP contribution is 2.38. The molecule has 0 amide bonds. The molecule has 1 aliphatic rings. The van der Waals surface area contributed by atoms with Crippen molar-refractivity contribution in [3.8, 4) is 0 Å². The Kier molecular flexibility index (Phi) is 4.02. The molecular weight excluding hydrogens is 245 g/mol. The molecule has 0 saturated heterocycles. The Bertz CT molecular complexity index is 469. The van der Waals surface area contributed by atoms with Gasteiger partial charge in [0.05, 0.1) is 5.69 Å². The molecule has 0 saturated carbocycles. The number of ketones is 1. The lowest BCUT2D eigenvalue weighted by molar-refractivity contribution is -0.135. The van der Waals surface area contributed by atoms with Crippen LogP contribution in [0.3, 0.4) is 0 Å². The summed E-state index contributed by atoms with van der Waals surface area (Å²) in [6, 6.07) is 0. The SMILES string of the molecule is CCn1nnc2c1C(F)(C(=O)C(C)C)CCCCC2. The van der Waals surface area contributed by atoms with E-state index in [1.165, 1.54) is 0 Å². The summed E-state index contributed by atoms with van der Waals surface area (Å²) in [5.74, 6) is -0.662. The van der Waals surface area contributed by atoms with Gasteiger partial charge in [0.1, 0.15) is 5.69 Å². The van der Waals surface area contributed by atoms with Crippen molar-refractivity contribution < 1.29 is 9.18 Å². The highest BCUT2D eigenvalue weighted by atomic mass is 19.1. The van der Waals surface area contributed by atoms with Crippen LogP contribution in [0.4, 0.5) is 4.39 Å². The summed E-state index contributed by atoms with van der Waals surface area (Å²) < 4.78 is 17.0. The van der Waals surface area contributed by atoms with Crippen molar-refractivity contribution in [1.29, 1.82) is 0 Å². The van der Waals surface area contributed by atoms with Crippen LogP contribution < -0.4 is 0 Å². The molecule has 1 aliphatic carbocycles. The number of carbonyl (C=O) groups excluding carboxylic acids is 1. The third kappa shape index (κ3) is 2.42. The Morgan fingerprint density at radius 3 is 2.79 bits per heavy atom. The molecule has 4 nitrogen and oxygen atoms in total. The van der Waals surface area contributed by atoms with E-state index in [1.54, 1.807) is 18.5 Å². The first-order valence-corrected chi connectivity index (χ1v) is 7.16. The Morgan fingerprint density at radius 2 is 2.16 bits per heavy atom. The van der Waals surface area contributed by atoms with Crippen LogP contribution in [0.2, 0.25) is 0 Å². The van der Waals surface area contributed by atoms with Crippen LogP contribution >= 0.6 is 0 Å². The minimum atomic E-state index is -1.91. The maximum atomic E-state index is 15.5. The predicted octanol–water partition coefficient (Wildman–Crippen LogP) is 2.80. The monoisotopic (exact) mass is 267 g/mol. The molecule has 1 aromatic rings. The average molecular weight is 267 g/mol. The van der Waals surface area contributed by atoms with E-state index in [2.05, 4.69) is 10.3 Å². The van der Waals surface area contributed by atoms with Crippen molar-refractivity contribution in [1.82, 2.24) is 15.0 Å². The van der Waals surface area contributed by atoms with Gasteiger partial charge in [-0.2, -0.15) is 0 Å². The van der Waals surface area contributed by atoms with Gasteiger partial charge in [0.2, 0.25) is 5.67 Å². The van der Waals surface area contributed by atoms with E-state index in [0.29, 0.717) is 24.4 Å². The van der Waals surface area contributed by atoms with Gasteiger partial charge in [0.25, 0.3) is 0 Å². The maximum absolute atomic E-state index is 15.5. The van der Waals surface area contributed by atoms with Crippen LogP contribution in [0.5, 0.6) is 0 Å². The average Bonchev–Trinajstić information content (AvgIpc) is 2.77. The number of hydrogen-bond donors (Lipinski definition) is 0. The third-order valence-electron chi connectivity index (χ3n) is 3.83. The first-order valence-electron chi connectivity index (χ1n) is 7.16. The number of hydrogen-bond acceptors (Lipinski definition) is 3. The molecule has 0 radical (unpaired) electrons. The van der Waals surface area contributed by atoms with E-state index in [9.17, 15) is 4.79 Å². The number of aryl methyl sites for hydroxylation is 2. The number of fused-ring (bicyclic) bond motifs is 1. The molecule has 0 aromatic carbocycles. The standard InChI is InChI=1S/C14H22FN3O/c1-4-18-12-11(16-17-18)8-6-5-7-9-14(12,15)13(19)10(2)3/h10H,4-9H2,1-3H3. The fourth-order valence-electron chi connectivity index (χ4n) is 2.83. The lowest BCUT2D eigenvalue weighted by Gasteiger charge is -2.28. The van der Waals surface area contributed by atoms with Gasteiger partial charge in [-0.3, -0.25) is 4.79 Å². The van der Waals surface area contributed by atoms with Gasteiger partial charge in [0, 0.05) is 12.5 Å². The molecule has 0 spiro atoms. The van der Waals surface area contributed by atoms with Crippen molar-refractivity contribution in [3.05, 3.63) is 11.4 Å². The lowest BCUT2D eigenvalue weighted by atomic mass is 9.81. The summed E-state index contributed by atoms with van der Waals surface area (Å²) in [7, 11) is 0. The summed E-state index contributed by atoms with van der Waals surface area (Å²) in [6.07, 6.45) is 3.64. The molecular formula is C14H22FN3O. The molecule has 1 heterocycles. The number of rotatable bonds is 3. The Hall–Kier alpha value is -1.26. The van der Waals surface area contributed by atoms with Crippen molar-refractivity contribution in [2.45, 2.75) is 65.1 Å². The van der Waals surface area contributed by atoms with Crippen LogP contribution in [0.1, 0.15) is 57.8 Å². The summed E-state index contributed by atoms with van der Waals surface area (Å²) in [5.41, 5.74) is -0.838. The number of alkyl halides is 1. The van der Waals surface area contributed by atoms with Gasteiger partial charge < -0.3 is 0 Å². The van der Waals surface area contributed by atoms with Crippen molar-refractivity contribution >= 4 is 5.78 Å². The van der Waals surface area contributed by atoms with E-state index in [4.69, 9.17) is 0 Å².